The Labute approximate surface area is 164 Å². The second-order valence-electron chi connectivity index (χ2n) is 6.55. The Hall–Kier alpha value is -2.85. The maximum absolute atomic E-state index is 12.8. The minimum atomic E-state index is 0.0771. The van der Waals surface area contributed by atoms with Gasteiger partial charge in [-0.15, -0.1) is 0 Å². The molecule has 1 amide bonds. The fraction of sp³-hybridized carbons (Fsp3) is 0.182. The van der Waals surface area contributed by atoms with Crippen molar-refractivity contribution < 1.29 is 4.79 Å². The van der Waals surface area contributed by atoms with Crippen molar-refractivity contribution in [3.63, 3.8) is 0 Å². The summed E-state index contributed by atoms with van der Waals surface area (Å²) in [6, 6.07) is 21.4. The summed E-state index contributed by atoms with van der Waals surface area (Å²) in [4.78, 5) is 21.3. The molecule has 1 fully saturated rings. The van der Waals surface area contributed by atoms with Crippen LogP contribution < -0.4 is 4.90 Å². The highest BCUT2D eigenvalue weighted by Crippen LogP contribution is 2.23. The molecule has 3 aromatic rings. The first kappa shape index (κ1) is 17.6. The van der Waals surface area contributed by atoms with E-state index in [1.807, 2.05) is 71.6 Å². The molecule has 136 valence electrons. The highest BCUT2D eigenvalue weighted by Gasteiger charge is 2.22. The summed E-state index contributed by atoms with van der Waals surface area (Å²) in [6.45, 7) is 2.99. The van der Waals surface area contributed by atoms with Gasteiger partial charge in [0.05, 0.1) is 0 Å². The van der Waals surface area contributed by atoms with E-state index < -0.39 is 0 Å². The van der Waals surface area contributed by atoms with Crippen molar-refractivity contribution in [2.24, 2.45) is 0 Å². The number of nitrogens with zero attached hydrogens (tertiary/aromatic N) is 3. The summed E-state index contributed by atoms with van der Waals surface area (Å²) in [6.07, 6.45) is 1.80. The van der Waals surface area contributed by atoms with Gasteiger partial charge in [-0.3, -0.25) is 4.79 Å². The van der Waals surface area contributed by atoms with E-state index in [2.05, 4.69) is 9.88 Å². The van der Waals surface area contributed by atoms with Crippen molar-refractivity contribution in [1.82, 2.24) is 9.88 Å². The molecule has 1 aliphatic heterocycles. The Kier molecular flexibility index (Phi) is 5.07. The van der Waals surface area contributed by atoms with Gasteiger partial charge in [0.15, 0.2) is 0 Å². The van der Waals surface area contributed by atoms with Gasteiger partial charge in [-0.1, -0.05) is 41.9 Å². The second-order valence-corrected chi connectivity index (χ2v) is 6.99. The van der Waals surface area contributed by atoms with E-state index in [-0.39, 0.29) is 5.91 Å². The minimum absolute atomic E-state index is 0.0771. The predicted octanol–water partition coefficient (Wildman–Crippen LogP) is 4.36. The molecule has 4 nitrogen and oxygen atoms in total. The number of hydrogen-bond acceptors (Lipinski definition) is 3. The molecule has 1 saturated heterocycles. The van der Waals surface area contributed by atoms with Crippen molar-refractivity contribution in [2.75, 3.05) is 31.1 Å². The van der Waals surface area contributed by atoms with Crippen LogP contribution in [-0.4, -0.2) is 42.0 Å². The molecule has 0 unspecified atom stereocenters. The minimum Gasteiger partial charge on any atom is -0.353 e. The number of anilines is 1. The first-order valence-electron chi connectivity index (χ1n) is 9.02. The first-order chi connectivity index (χ1) is 13.2. The summed E-state index contributed by atoms with van der Waals surface area (Å²) in [7, 11) is 0. The molecule has 5 heteroatoms. The lowest BCUT2D eigenvalue weighted by Gasteiger charge is -2.35. The highest BCUT2D eigenvalue weighted by atomic mass is 35.5. The Morgan fingerprint density at radius 1 is 0.852 bits per heavy atom. The molecule has 0 aliphatic carbocycles. The van der Waals surface area contributed by atoms with Gasteiger partial charge in [-0.25, -0.2) is 4.98 Å². The Bertz CT molecular complexity index is 920. The number of amides is 1. The topological polar surface area (TPSA) is 36.4 Å². The average Bonchev–Trinajstić information content (AvgIpc) is 2.74. The largest absolute Gasteiger partial charge is 0.353 e. The van der Waals surface area contributed by atoms with Gasteiger partial charge in [-0.2, -0.15) is 0 Å². The molecule has 0 radical (unpaired) electrons. The zero-order valence-electron chi connectivity index (χ0n) is 14.9. The lowest BCUT2D eigenvalue weighted by atomic mass is 10.0. The summed E-state index contributed by atoms with van der Waals surface area (Å²) >= 11 is 6.06. The molecule has 0 N–H and O–H groups in total. The zero-order valence-corrected chi connectivity index (χ0v) is 15.6. The normalized spacial score (nSPS) is 14.3. The monoisotopic (exact) mass is 377 g/mol. The zero-order chi connectivity index (χ0) is 18.6. The number of benzene rings is 2. The second kappa shape index (κ2) is 7.80. The van der Waals surface area contributed by atoms with Gasteiger partial charge in [0.1, 0.15) is 5.82 Å². The molecular weight excluding hydrogens is 358 g/mol. The number of hydrogen-bond donors (Lipinski definition) is 0. The SMILES string of the molecule is O=C(c1ccc(-c2cccc(Cl)c2)cc1)N1CCN(c2ccccn2)CC1. The van der Waals surface area contributed by atoms with Crippen molar-refractivity contribution in [2.45, 2.75) is 0 Å². The smallest absolute Gasteiger partial charge is 0.253 e. The standard InChI is InChI=1S/C22H20ClN3O/c23-20-5-3-4-19(16-20)17-7-9-18(10-8-17)22(27)26-14-12-25(13-15-26)21-6-1-2-11-24-21/h1-11,16H,12-15H2. The number of carbonyl (C=O) groups excluding carboxylic acids is 1. The van der Waals surface area contributed by atoms with E-state index in [1.165, 1.54) is 0 Å². The maximum atomic E-state index is 12.8. The van der Waals surface area contributed by atoms with Crippen LogP contribution in [0.25, 0.3) is 11.1 Å². The van der Waals surface area contributed by atoms with Crippen molar-refractivity contribution in [1.29, 1.82) is 0 Å². The summed E-state index contributed by atoms with van der Waals surface area (Å²) in [5, 5.41) is 0.707. The average molecular weight is 378 g/mol. The van der Waals surface area contributed by atoms with Gasteiger partial charge in [0.2, 0.25) is 0 Å². The Morgan fingerprint density at radius 2 is 1.63 bits per heavy atom. The lowest BCUT2D eigenvalue weighted by molar-refractivity contribution is 0.0746. The first-order valence-corrected chi connectivity index (χ1v) is 9.40. The molecule has 1 aliphatic rings. The van der Waals surface area contributed by atoms with Gasteiger partial charge >= 0.3 is 0 Å². The van der Waals surface area contributed by atoms with Crippen molar-refractivity contribution in [3.8, 4) is 11.1 Å². The van der Waals surface area contributed by atoms with Crippen LogP contribution in [0.5, 0.6) is 0 Å². The van der Waals surface area contributed by atoms with E-state index in [4.69, 9.17) is 11.6 Å². The quantitative estimate of drug-likeness (QED) is 0.680. The van der Waals surface area contributed by atoms with E-state index >= 15 is 0 Å². The van der Waals surface area contributed by atoms with Crippen LogP contribution in [0.1, 0.15) is 10.4 Å². The fourth-order valence-corrected chi connectivity index (χ4v) is 3.53. The summed E-state index contributed by atoms with van der Waals surface area (Å²) in [5.74, 6) is 1.05. The van der Waals surface area contributed by atoms with Gasteiger partial charge in [0.25, 0.3) is 5.91 Å². The van der Waals surface area contributed by atoms with Crippen molar-refractivity contribution >= 4 is 23.3 Å². The molecule has 0 spiro atoms. The van der Waals surface area contributed by atoms with Crippen LogP contribution in [0.4, 0.5) is 5.82 Å². The Balaban J connectivity index is 1.41. The Morgan fingerprint density at radius 3 is 2.30 bits per heavy atom. The third-order valence-electron chi connectivity index (χ3n) is 4.83. The number of aromatic nitrogens is 1. The number of rotatable bonds is 3. The fourth-order valence-electron chi connectivity index (χ4n) is 3.34. The highest BCUT2D eigenvalue weighted by molar-refractivity contribution is 6.30. The van der Waals surface area contributed by atoms with Gasteiger partial charge in [0, 0.05) is 43.0 Å². The molecule has 0 atom stereocenters. The predicted molar refractivity (Wildman–Crippen MR) is 109 cm³/mol. The van der Waals surface area contributed by atoms with Crippen LogP contribution in [0.2, 0.25) is 5.02 Å². The van der Waals surface area contributed by atoms with Crippen LogP contribution in [0.3, 0.4) is 0 Å². The molecule has 4 rings (SSSR count). The molecule has 0 saturated carbocycles. The molecule has 1 aromatic heterocycles. The van der Waals surface area contributed by atoms with Gasteiger partial charge in [-0.05, 0) is 47.5 Å². The van der Waals surface area contributed by atoms with Crippen molar-refractivity contribution in [3.05, 3.63) is 83.5 Å². The lowest BCUT2D eigenvalue weighted by Crippen LogP contribution is -2.49. The van der Waals surface area contributed by atoms with E-state index in [9.17, 15) is 4.79 Å². The number of carbonyl (C=O) groups is 1. The van der Waals surface area contributed by atoms with E-state index in [1.54, 1.807) is 6.20 Å². The molecule has 2 heterocycles. The molecular formula is C22H20ClN3O. The molecule has 2 aromatic carbocycles. The van der Waals surface area contributed by atoms with Crippen LogP contribution in [0, 0.1) is 0 Å². The molecule has 27 heavy (non-hydrogen) atoms. The van der Waals surface area contributed by atoms with E-state index in [0.717, 1.165) is 30.0 Å². The third-order valence-corrected chi connectivity index (χ3v) is 5.07. The van der Waals surface area contributed by atoms with Crippen LogP contribution in [-0.2, 0) is 0 Å². The van der Waals surface area contributed by atoms with Gasteiger partial charge < -0.3 is 9.80 Å². The maximum Gasteiger partial charge on any atom is 0.253 e. The number of piperazine rings is 1. The van der Waals surface area contributed by atoms with Crippen LogP contribution >= 0.6 is 11.6 Å². The summed E-state index contributed by atoms with van der Waals surface area (Å²) < 4.78 is 0. The van der Waals surface area contributed by atoms with Crippen LogP contribution in [0.15, 0.2) is 72.9 Å². The van der Waals surface area contributed by atoms with E-state index in [0.29, 0.717) is 23.7 Å². The molecule has 0 bridgehead atoms. The number of halogens is 1. The number of pyridine rings is 1. The summed E-state index contributed by atoms with van der Waals surface area (Å²) in [5.41, 5.74) is 2.81. The third kappa shape index (κ3) is 3.96.